The Labute approximate surface area is 169 Å². The predicted molar refractivity (Wildman–Crippen MR) is 105 cm³/mol. The van der Waals surface area contributed by atoms with Gasteiger partial charge in [-0.2, -0.15) is 5.10 Å². The van der Waals surface area contributed by atoms with Crippen molar-refractivity contribution in [2.75, 3.05) is 20.8 Å². The Bertz CT molecular complexity index is 895. The zero-order valence-electron chi connectivity index (χ0n) is 17.0. The average molecular weight is 402 g/mol. The molecule has 2 heterocycles. The molecule has 1 saturated heterocycles. The van der Waals surface area contributed by atoms with Crippen molar-refractivity contribution >= 4 is 11.8 Å². The van der Waals surface area contributed by atoms with Crippen LogP contribution in [0.3, 0.4) is 0 Å². The molecule has 2 aromatic rings. The number of ether oxygens (including phenoxy) is 3. The summed E-state index contributed by atoms with van der Waals surface area (Å²) >= 11 is 0. The molecule has 0 spiro atoms. The highest BCUT2D eigenvalue weighted by atomic mass is 16.5. The summed E-state index contributed by atoms with van der Waals surface area (Å²) < 4.78 is 18.0. The fourth-order valence-electron chi connectivity index (χ4n) is 3.34. The van der Waals surface area contributed by atoms with Gasteiger partial charge in [-0.25, -0.2) is 0 Å². The van der Waals surface area contributed by atoms with E-state index in [1.807, 2.05) is 18.5 Å². The maximum absolute atomic E-state index is 12.9. The number of hydrogen-bond donors (Lipinski definition) is 2. The van der Waals surface area contributed by atoms with E-state index >= 15 is 0 Å². The van der Waals surface area contributed by atoms with Crippen LogP contribution in [0, 0.1) is 6.92 Å². The van der Waals surface area contributed by atoms with Crippen molar-refractivity contribution in [2.24, 2.45) is 0 Å². The standard InChI is InChI=1S/C20H26N4O5/c1-5-24-12(2)14(10-22-24)9-21-20(26)19-18(23-17(25)11-29-19)13-6-7-15(27-3)16(8-13)28-4/h6-8,10,18-19H,5,9,11H2,1-4H3,(H,21,26)(H,23,25)/t18-,19+/m1/s1. The Hall–Kier alpha value is -3.07. The van der Waals surface area contributed by atoms with Crippen molar-refractivity contribution in [3.63, 3.8) is 0 Å². The van der Waals surface area contributed by atoms with Gasteiger partial charge in [-0.1, -0.05) is 6.07 Å². The van der Waals surface area contributed by atoms with Gasteiger partial charge in [-0.15, -0.1) is 0 Å². The molecule has 0 bridgehead atoms. The number of aromatic nitrogens is 2. The zero-order chi connectivity index (χ0) is 21.0. The number of carbonyl (C=O) groups excluding carboxylic acids is 2. The van der Waals surface area contributed by atoms with Gasteiger partial charge in [-0.05, 0) is 31.5 Å². The molecule has 1 aromatic heterocycles. The van der Waals surface area contributed by atoms with Gasteiger partial charge in [-0.3, -0.25) is 14.3 Å². The normalized spacial score (nSPS) is 18.8. The van der Waals surface area contributed by atoms with Crippen LogP contribution < -0.4 is 20.1 Å². The average Bonchev–Trinajstić information content (AvgIpc) is 3.10. The van der Waals surface area contributed by atoms with E-state index in [1.54, 1.807) is 31.5 Å². The Kier molecular flexibility index (Phi) is 6.38. The van der Waals surface area contributed by atoms with Gasteiger partial charge in [0.15, 0.2) is 17.6 Å². The number of benzene rings is 1. The first-order valence-electron chi connectivity index (χ1n) is 9.40. The minimum absolute atomic E-state index is 0.172. The monoisotopic (exact) mass is 402 g/mol. The second-order valence-electron chi connectivity index (χ2n) is 6.68. The van der Waals surface area contributed by atoms with Crippen LogP contribution in [-0.2, 0) is 27.4 Å². The molecule has 1 aliphatic heterocycles. The molecule has 3 rings (SSSR count). The summed E-state index contributed by atoms with van der Waals surface area (Å²) in [5, 5.41) is 10.0. The van der Waals surface area contributed by atoms with Gasteiger partial charge < -0.3 is 24.8 Å². The van der Waals surface area contributed by atoms with Crippen LogP contribution in [-0.4, -0.2) is 48.5 Å². The summed E-state index contributed by atoms with van der Waals surface area (Å²) in [5.41, 5.74) is 2.62. The van der Waals surface area contributed by atoms with Crippen LogP contribution in [0.1, 0.15) is 29.8 Å². The lowest BCUT2D eigenvalue weighted by molar-refractivity contribution is -0.148. The van der Waals surface area contributed by atoms with Crippen molar-refractivity contribution in [1.82, 2.24) is 20.4 Å². The number of hydrogen-bond acceptors (Lipinski definition) is 6. The highest BCUT2D eigenvalue weighted by Gasteiger charge is 2.36. The number of amides is 2. The van der Waals surface area contributed by atoms with Gasteiger partial charge in [0.25, 0.3) is 5.91 Å². The van der Waals surface area contributed by atoms with Crippen molar-refractivity contribution in [3.05, 3.63) is 41.2 Å². The van der Waals surface area contributed by atoms with E-state index < -0.39 is 12.1 Å². The molecule has 0 radical (unpaired) electrons. The van der Waals surface area contributed by atoms with E-state index in [-0.39, 0.29) is 18.4 Å². The minimum Gasteiger partial charge on any atom is -0.493 e. The lowest BCUT2D eigenvalue weighted by Crippen LogP contribution is -2.52. The molecule has 9 heteroatoms. The molecule has 1 aliphatic rings. The van der Waals surface area contributed by atoms with Gasteiger partial charge in [0.05, 0.1) is 26.5 Å². The van der Waals surface area contributed by atoms with E-state index in [1.165, 1.54) is 7.11 Å². The van der Waals surface area contributed by atoms with Crippen molar-refractivity contribution in [2.45, 2.75) is 39.1 Å². The Morgan fingerprint density at radius 2 is 2.10 bits per heavy atom. The van der Waals surface area contributed by atoms with Crippen LogP contribution >= 0.6 is 0 Å². The van der Waals surface area contributed by atoms with Gasteiger partial charge in [0, 0.05) is 24.3 Å². The second-order valence-corrected chi connectivity index (χ2v) is 6.68. The Balaban J connectivity index is 1.77. The van der Waals surface area contributed by atoms with Crippen molar-refractivity contribution in [3.8, 4) is 11.5 Å². The first kappa shape index (κ1) is 20.7. The molecule has 0 saturated carbocycles. The Morgan fingerprint density at radius 3 is 2.76 bits per heavy atom. The molecular weight excluding hydrogens is 376 g/mol. The second kappa shape index (κ2) is 8.95. The van der Waals surface area contributed by atoms with Crippen molar-refractivity contribution < 1.29 is 23.8 Å². The lowest BCUT2D eigenvalue weighted by Gasteiger charge is -2.32. The quantitative estimate of drug-likeness (QED) is 0.719. The summed E-state index contributed by atoms with van der Waals surface area (Å²) in [5.74, 6) is 0.470. The molecular formula is C20H26N4O5. The van der Waals surface area contributed by atoms with E-state index in [0.29, 0.717) is 23.6 Å². The molecule has 29 heavy (non-hydrogen) atoms. The van der Waals surface area contributed by atoms with Gasteiger partial charge in [0.1, 0.15) is 6.61 Å². The van der Waals surface area contributed by atoms with Crippen molar-refractivity contribution in [1.29, 1.82) is 0 Å². The number of morpholine rings is 1. The fraction of sp³-hybridized carbons (Fsp3) is 0.450. The maximum Gasteiger partial charge on any atom is 0.251 e. The molecule has 156 valence electrons. The molecule has 1 fully saturated rings. The summed E-state index contributed by atoms with van der Waals surface area (Å²) in [7, 11) is 3.07. The van der Waals surface area contributed by atoms with Crippen LogP contribution in [0.15, 0.2) is 24.4 Å². The summed E-state index contributed by atoms with van der Waals surface area (Å²) in [6, 6.07) is 4.59. The zero-order valence-corrected chi connectivity index (χ0v) is 17.0. The van der Waals surface area contributed by atoms with Crippen LogP contribution in [0.4, 0.5) is 0 Å². The molecule has 9 nitrogen and oxygen atoms in total. The number of carbonyl (C=O) groups is 2. The third-order valence-corrected chi connectivity index (χ3v) is 5.00. The highest BCUT2D eigenvalue weighted by Crippen LogP contribution is 2.32. The SMILES string of the molecule is CCn1ncc(CNC(=O)[C@H]2OCC(=O)N[C@@H]2c2ccc(OC)c(OC)c2)c1C. The van der Waals surface area contributed by atoms with Crippen LogP contribution in [0.5, 0.6) is 11.5 Å². The van der Waals surface area contributed by atoms with E-state index in [2.05, 4.69) is 15.7 Å². The molecule has 0 aliphatic carbocycles. The lowest BCUT2D eigenvalue weighted by atomic mass is 9.98. The third-order valence-electron chi connectivity index (χ3n) is 5.00. The molecule has 1 aromatic carbocycles. The first-order valence-corrected chi connectivity index (χ1v) is 9.40. The molecule has 2 N–H and O–H groups in total. The minimum atomic E-state index is -0.868. The first-order chi connectivity index (χ1) is 14.0. The smallest absolute Gasteiger partial charge is 0.251 e. The summed E-state index contributed by atoms with van der Waals surface area (Å²) in [4.78, 5) is 24.8. The van der Waals surface area contributed by atoms with E-state index in [0.717, 1.165) is 17.8 Å². The summed E-state index contributed by atoms with van der Waals surface area (Å²) in [6.45, 7) is 4.89. The summed E-state index contributed by atoms with van der Waals surface area (Å²) in [6.07, 6.45) is 0.876. The van der Waals surface area contributed by atoms with E-state index in [4.69, 9.17) is 14.2 Å². The predicted octanol–water partition coefficient (Wildman–Crippen LogP) is 1.10. The van der Waals surface area contributed by atoms with E-state index in [9.17, 15) is 9.59 Å². The third kappa shape index (κ3) is 4.34. The number of methoxy groups -OCH3 is 2. The van der Waals surface area contributed by atoms with Gasteiger partial charge in [0.2, 0.25) is 5.91 Å². The number of rotatable bonds is 7. The van der Waals surface area contributed by atoms with Crippen LogP contribution in [0.2, 0.25) is 0 Å². The van der Waals surface area contributed by atoms with Crippen LogP contribution in [0.25, 0.3) is 0 Å². The number of aryl methyl sites for hydroxylation is 1. The number of nitrogens with one attached hydrogen (secondary N) is 2. The number of nitrogens with zero attached hydrogens (tertiary/aromatic N) is 2. The fourth-order valence-corrected chi connectivity index (χ4v) is 3.34. The molecule has 0 unspecified atom stereocenters. The molecule has 2 atom stereocenters. The highest BCUT2D eigenvalue weighted by molar-refractivity contribution is 5.86. The maximum atomic E-state index is 12.9. The Morgan fingerprint density at radius 1 is 1.34 bits per heavy atom. The topological polar surface area (TPSA) is 104 Å². The molecule has 2 amide bonds. The largest absolute Gasteiger partial charge is 0.493 e. The van der Waals surface area contributed by atoms with Gasteiger partial charge >= 0.3 is 0 Å².